The van der Waals surface area contributed by atoms with Crippen LogP contribution in [0.15, 0.2) is 44.4 Å². The van der Waals surface area contributed by atoms with Crippen LogP contribution < -0.4 is 4.90 Å². The van der Waals surface area contributed by atoms with E-state index >= 15 is 0 Å². The first-order valence-electron chi connectivity index (χ1n) is 11.6. The lowest BCUT2D eigenvalue weighted by molar-refractivity contribution is -0.139. The fraction of sp³-hybridized carbons (Fsp3) is 0.423. The molecule has 1 amide bonds. The van der Waals surface area contributed by atoms with Crippen LogP contribution in [0.5, 0.6) is 0 Å². The Morgan fingerprint density at radius 2 is 1.69 bits per heavy atom. The van der Waals surface area contributed by atoms with Crippen molar-refractivity contribution in [3.05, 3.63) is 55.5 Å². The molecular weight excluding hydrogens is 502 g/mol. The summed E-state index contributed by atoms with van der Waals surface area (Å²) in [5.41, 5.74) is 3.49. The largest absolute Gasteiger partial charge is 0.463 e. The van der Waals surface area contributed by atoms with Crippen LogP contribution in [0, 0.1) is 6.92 Å². The van der Waals surface area contributed by atoms with Crippen molar-refractivity contribution >= 4 is 64.4 Å². The van der Waals surface area contributed by atoms with Gasteiger partial charge >= 0.3 is 11.9 Å². The molecule has 0 bridgehead atoms. The molecule has 6 nitrogen and oxygen atoms in total. The summed E-state index contributed by atoms with van der Waals surface area (Å²) in [5, 5.41) is 3.61. The molecule has 1 spiro atoms. The Labute approximate surface area is 218 Å². The highest BCUT2D eigenvalue weighted by Gasteiger charge is 2.56. The molecule has 1 unspecified atom stereocenters. The molecule has 1 atom stereocenters. The zero-order chi connectivity index (χ0) is 25.5. The number of hydrogen-bond acceptors (Lipinski definition) is 8. The summed E-state index contributed by atoms with van der Waals surface area (Å²) in [4.78, 5) is 42.5. The topological polar surface area (TPSA) is 72.9 Å². The van der Waals surface area contributed by atoms with Crippen molar-refractivity contribution in [3.8, 4) is 0 Å². The van der Waals surface area contributed by atoms with E-state index in [0.29, 0.717) is 16.9 Å². The number of ether oxygens (including phenoxy) is 2. The van der Waals surface area contributed by atoms with Gasteiger partial charge in [-0.05, 0) is 57.6 Å². The van der Waals surface area contributed by atoms with E-state index in [9.17, 15) is 14.4 Å². The minimum absolute atomic E-state index is 0.0264. The number of aryl methyl sites for hydroxylation is 1. The smallest absolute Gasteiger partial charge is 0.345 e. The molecule has 3 heterocycles. The average Bonchev–Trinajstić information content (AvgIpc) is 3.24. The van der Waals surface area contributed by atoms with Crippen LogP contribution in [-0.4, -0.2) is 40.7 Å². The van der Waals surface area contributed by atoms with E-state index in [2.05, 4.69) is 6.07 Å². The van der Waals surface area contributed by atoms with Crippen molar-refractivity contribution in [2.45, 2.75) is 57.6 Å². The maximum absolute atomic E-state index is 13.2. The van der Waals surface area contributed by atoms with Gasteiger partial charge in [0.25, 0.3) is 0 Å². The monoisotopic (exact) mass is 531 g/mol. The molecule has 9 heteroatoms. The van der Waals surface area contributed by atoms with Crippen LogP contribution in [0.25, 0.3) is 5.57 Å². The first-order chi connectivity index (χ1) is 16.6. The first-order valence-corrected chi connectivity index (χ1v) is 14.2. The average molecular weight is 532 g/mol. The van der Waals surface area contributed by atoms with Crippen molar-refractivity contribution in [3.63, 3.8) is 0 Å². The number of fused-ring (bicyclic) bond motifs is 3. The minimum Gasteiger partial charge on any atom is -0.463 e. The third kappa shape index (κ3) is 4.15. The molecule has 4 rings (SSSR count). The number of nitrogens with zero attached hydrogens (tertiary/aromatic N) is 1. The Kier molecular flexibility index (Phi) is 7.23. The fourth-order valence-electron chi connectivity index (χ4n) is 4.59. The number of esters is 2. The summed E-state index contributed by atoms with van der Waals surface area (Å²) >= 11 is 4.19. The first kappa shape index (κ1) is 26.0. The molecule has 3 aliphatic rings. The number of carbonyl (C=O) groups is 3. The van der Waals surface area contributed by atoms with Gasteiger partial charge in [-0.25, -0.2) is 9.59 Å². The van der Waals surface area contributed by atoms with Gasteiger partial charge in [0.15, 0.2) is 0 Å². The third-order valence-electron chi connectivity index (χ3n) is 6.09. The predicted molar refractivity (Wildman–Crippen MR) is 145 cm³/mol. The van der Waals surface area contributed by atoms with E-state index in [1.165, 1.54) is 35.3 Å². The maximum atomic E-state index is 13.2. The van der Waals surface area contributed by atoms with E-state index in [-0.39, 0.29) is 19.1 Å². The van der Waals surface area contributed by atoms with Crippen LogP contribution in [0.3, 0.4) is 0 Å². The van der Waals surface area contributed by atoms with Crippen LogP contribution in [0.2, 0.25) is 0 Å². The van der Waals surface area contributed by atoms with E-state index < -0.39 is 21.6 Å². The minimum atomic E-state index is -0.934. The van der Waals surface area contributed by atoms with Crippen LogP contribution in [0.1, 0.15) is 52.2 Å². The summed E-state index contributed by atoms with van der Waals surface area (Å²) in [5.74, 6) is -0.796. The van der Waals surface area contributed by atoms with Gasteiger partial charge in [0.2, 0.25) is 5.91 Å². The number of hydrogen-bond donors (Lipinski definition) is 0. The Balaban J connectivity index is 1.97. The second-order valence-electron chi connectivity index (χ2n) is 8.78. The maximum Gasteiger partial charge on any atom is 0.345 e. The molecule has 0 saturated heterocycles. The number of anilines is 1. The van der Waals surface area contributed by atoms with Gasteiger partial charge in [-0.3, -0.25) is 4.79 Å². The highest BCUT2D eigenvalue weighted by molar-refractivity contribution is 8.25. The molecule has 35 heavy (non-hydrogen) atoms. The summed E-state index contributed by atoms with van der Waals surface area (Å²) in [6.45, 7) is 12.0. The van der Waals surface area contributed by atoms with Gasteiger partial charge in [0.1, 0.15) is 8.98 Å². The second-order valence-corrected chi connectivity index (χ2v) is 12.3. The Bertz CT molecular complexity index is 1200. The lowest BCUT2D eigenvalue weighted by Crippen LogP contribution is -2.53. The quantitative estimate of drug-likeness (QED) is 0.428. The highest BCUT2D eigenvalue weighted by Crippen LogP contribution is 2.68. The standard InChI is InChI=1S/C26H29NO5S3/c1-7-20(28)27-18-11-10-15(4)12-16(18)21-22(25(27,5)6)33-13-17(23(29)31-8-2)26(21)34-14-19(35-26)24(30)32-9-3/h10-14H,7-9H2,1-6H3. The van der Waals surface area contributed by atoms with Gasteiger partial charge in [-0.15, -0.1) is 11.8 Å². The lowest BCUT2D eigenvalue weighted by atomic mass is 9.83. The van der Waals surface area contributed by atoms with Crippen molar-refractivity contribution < 1.29 is 23.9 Å². The zero-order valence-electron chi connectivity index (χ0n) is 20.7. The molecule has 1 aromatic carbocycles. The molecule has 0 fully saturated rings. The van der Waals surface area contributed by atoms with E-state index in [1.807, 2.05) is 50.1 Å². The van der Waals surface area contributed by atoms with E-state index in [4.69, 9.17) is 9.47 Å². The van der Waals surface area contributed by atoms with Crippen molar-refractivity contribution in [1.29, 1.82) is 0 Å². The Morgan fingerprint density at radius 1 is 1.00 bits per heavy atom. The third-order valence-corrected chi connectivity index (χ3v) is 10.4. The highest BCUT2D eigenvalue weighted by atomic mass is 32.2. The Morgan fingerprint density at radius 3 is 2.34 bits per heavy atom. The molecule has 0 saturated carbocycles. The molecule has 0 aromatic heterocycles. The predicted octanol–water partition coefficient (Wildman–Crippen LogP) is 6.02. The van der Waals surface area contributed by atoms with Gasteiger partial charge in [0, 0.05) is 22.5 Å². The summed E-state index contributed by atoms with van der Waals surface area (Å²) in [6, 6.07) is 6.04. The number of benzene rings is 1. The fourth-order valence-corrected chi connectivity index (χ4v) is 9.07. The molecule has 0 N–H and O–H groups in total. The van der Waals surface area contributed by atoms with Crippen LogP contribution in [0.4, 0.5) is 5.69 Å². The molecular formula is C26H29NO5S3. The molecule has 1 aromatic rings. The second kappa shape index (κ2) is 9.75. The summed E-state index contributed by atoms with van der Waals surface area (Å²) in [6.07, 6.45) is 0.372. The zero-order valence-corrected chi connectivity index (χ0v) is 23.2. The van der Waals surface area contributed by atoms with Crippen LogP contribution >= 0.6 is 35.3 Å². The van der Waals surface area contributed by atoms with Gasteiger partial charge in [-0.1, -0.05) is 42.1 Å². The Hall–Kier alpha value is -2.10. The van der Waals surface area contributed by atoms with Gasteiger partial charge in [0.05, 0.1) is 30.0 Å². The molecule has 0 radical (unpaired) electrons. The molecule has 186 valence electrons. The normalized spacial score (nSPS) is 22.3. The number of rotatable bonds is 5. The van der Waals surface area contributed by atoms with Gasteiger partial charge in [-0.2, -0.15) is 0 Å². The number of amides is 1. The SMILES string of the molecule is CCOC(=O)C1=CSC2(S1)C(C(=O)OCC)=CSC1=C2c2cc(C)ccc2N(C(=O)CC)C1(C)C. The summed E-state index contributed by atoms with van der Waals surface area (Å²) in [7, 11) is 0. The van der Waals surface area contributed by atoms with E-state index in [0.717, 1.165) is 27.3 Å². The molecule has 0 aliphatic carbocycles. The molecule has 3 aliphatic heterocycles. The van der Waals surface area contributed by atoms with Crippen molar-refractivity contribution in [1.82, 2.24) is 0 Å². The summed E-state index contributed by atoms with van der Waals surface area (Å²) < 4.78 is 9.80. The lowest BCUT2D eigenvalue weighted by Gasteiger charge is -2.50. The van der Waals surface area contributed by atoms with E-state index in [1.54, 1.807) is 19.3 Å². The van der Waals surface area contributed by atoms with Gasteiger partial charge < -0.3 is 14.4 Å². The number of carbonyl (C=O) groups excluding carboxylic acids is 3. The van der Waals surface area contributed by atoms with Crippen LogP contribution in [-0.2, 0) is 23.9 Å². The van der Waals surface area contributed by atoms with Crippen molar-refractivity contribution in [2.24, 2.45) is 0 Å². The number of thioether (sulfide) groups is 3. The van der Waals surface area contributed by atoms with Crippen molar-refractivity contribution in [2.75, 3.05) is 18.1 Å².